The van der Waals surface area contributed by atoms with Gasteiger partial charge in [0.1, 0.15) is 12.2 Å². The van der Waals surface area contributed by atoms with Crippen molar-refractivity contribution >= 4 is 50.8 Å². The van der Waals surface area contributed by atoms with E-state index in [9.17, 15) is 14.7 Å². The van der Waals surface area contributed by atoms with Gasteiger partial charge in [0.2, 0.25) is 0 Å². The Morgan fingerprint density at radius 1 is 1.10 bits per heavy atom. The lowest BCUT2D eigenvalue weighted by atomic mass is 10.2. The molecule has 0 saturated heterocycles. The molecule has 0 saturated carbocycles. The van der Waals surface area contributed by atoms with Gasteiger partial charge in [-0.25, -0.2) is 4.98 Å². The predicted octanol–water partition coefficient (Wildman–Crippen LogP) is 3.11. The zero-order chi connectivity index (χ0) is 19.7. The zero-order valence-corrected chi connectivity index (χ0v) is 17.0. The lowest BCUT2D eigenvalue weighted by molar-refractivity contribution is -0.137. The normalized spacial score (nSPS) is 10.2. The molecule has 0 aliphatic rings. The molecule has 0 radical (unpaired) electrons. The number of carboxylic acids is 1. The number of aliphatic carboxylic acids is 1. The van der Waals surface area contributed by atoms with E-state index in [-0.39, 0.29) is 23.2 Å². The van der Waals surface area contributed by atoms with Crippen LogP contribution in [0.15, 0.2) is 60.0 Å². The summed E-state index contributed by atoms with van der Waals surface area (Å²) in [5.74, 6) is -1.44. The number of amides is 1. The van der Waals surface area contributed by atoms with Crippen LogP contribution in [0.5, 0.6) is 0 Å². The van der Waals surface area contributed by atoms with Gasteiger partial charge in [-0.15, -0.1) is 11.3 Å². The standard InChI is InChI=1S/C20H14ClN3O3S.2H2O/c21-14-7-3-2-6-13(14)15-11-28-20(22-15)23-19(27)17-9-12-5-1-4-8-16(12)24(17)10-18(25)26;;/h1-9,11H,10H2,(H,25,26)(H,22,23,27);2*1H2. The molecular weight excluding hydrogens is 430 g/mol. The van der Waals surface area contributed by atoms with Crippen LogP contribution in [0.25, 0.3) is 22.2 Å². The second kappa shape index (κ2) is 9.51. The third kappa shape index (κ3) is 4.50. The van der Waals surface area contributed by atoms with E-state index in [0.717, 1.165) is 10.9 Å². The molecule has 0 bridgehead atoms. The van der Waals surface area contributed by atoms with Crippen molar-refractivity contribution in [2.45, 2.75) is 6.54 Å². The number of para-hydroxylation sites is 1. The third-order valence-electron chi connectivity index (χ3n) is 4.21. The van der Waals surface area contributed by atoms with Crippen LogP contribution in [0.3, 0.4) is 0 Å². The van der Waals surface area contributed by atoms with Gasteiger partial charge in [0, 0.05) is 26.9 Å². The van der Waals surface area contributed by atoms with Crippen molar-refractivity contribution in [2.24, 2.45) is 0 Å². The monoisotopic (exact) mass is 447 g/mol. The van der Waals surface area contributed by atoms with E-state index in [4.69, 9.17) is 11.6 Å². The average molecular weight is 448 g/mol. The quantitative estimate of drug-likeness (QED) is 0.483. The number of aromatic nitrogens is 2. The van der Waals surface area contributed by atoms with E-state index in [2.05, 4.69) is 10.3 Å². The smallest absolute Gasteiger partial charge is 0.323 e. The van der Waals surface area contributed by atoms with E-state index in [1.807, 2.05) is 35.7 Å². The molecule has 0 atom stereocenters. The minimum absolute atomic E-state index is 0. The molecule has 0 aliphatic heterocycles. The molecule has 0 aliphatic carbocycles. The largest absolute Gasteiger partial charge is 0.480 e. The van der Waals surface area contributed by atoms with Gasteiger partial charge < -0.3 is 20.6 Å². The van der Waals surface area contributed by atoms with E-state index in [1.54, 1.807) is 24.3 Å². The molecule has 1 amide bonds. The van der Waals surface area contributed by atoms with Crippen LogP contribution in [-0.2, 0) is 11.3 Å². The summed E-state index contributed by atoms with van der Waals surface area (Å²) < 4.78 is 1.48. The molecular formula is C20H18ClN3O5S. The number of fused-ring (bicyclic) bond motifs is 1. The Morgan fingerprint density at radius 2 is 1.80 bits per heavy atom. The molecule has 156 valence electrons. The number of halogens is 1. The van der Waals surface area contributed by atoms with Crippen LogP contribution in [0, 0.1) is 0 Å². The summed E-state index contributed by atoms with van der Waals surface area (Å²) >= 11 is 7.48. The van der Waals surface area contributed by atoms with Crippen molar-refractivity contribution in [3.05, 3.63) is 70.7 Å². The van der Waals surface area contributed by atoms with Gasteiger partial charge in [-0.2, -0.15) is 0 Å². The molecule has 10 heteroatoms. The summed E-state index contributed by atoms with van der Waals surface area (Å²) in [5.41, 5.74) is 2.39. The lowest BCUT2D eigenvalue weighted by Gasteiger charge is -2.07. The van der Waals surface area contributed by atoms with Gasteiger partial charge >= 0.3 is 5.97 Å². The maximum absolute atomic E-state index is 12.8. The first kappa shape index (κ1) is 23.0. The molecule has 2 aromatic carbocycles. The van der Waals surface area contributed by atoms with Crippen molar-refractivity contribution in [3.8, 4) is 11.3 Å². The van der Waals surface area contributed by atoms with Gasteiger partial charge in [-0.05, 0) is 18.2 Å². The van der Waals surface area contributed by atoms with Gasteiger partial charge in [-0.1, -0.05) is 48.0 Å². The fourth-order valence-corrected chi connectivity index (χ4v) is 3.93. The molecule has 8 nitrogen and oxygen atoms in total. The Morgan fingerprint density at radius 3 is 2.53 bits per heavy atom. The maximum Gasteiger partial charge on any atom is 0.323 e. The van der Waals surface area contributed by atoms with Crippen LogP contribution in [-0.4, -0.2) is 37.5 Å². The van der Waals surface area contributed by atoms with Crippen molar-refractivity contribution < 1.29 is 25.6 Å². The second-order valence-corrected chi connectivity index (χ2v) is 7.31. The van der Waals surface area contributed by atoms with E-state index >= 15 is 0 Å². The highest BCUT2D eigenvalue weighted by atomic mass is 35.5. The molecule has 4 rings (SSSR count). The predicted molar refractivity (Wildman–Crippen MR) is 117 cm³/mol. The number of carbonyl (C=O) groups excluding carboxylic acids is 1. The van der Waals surface area contributed by atoms with Crippen molar-refractivity contribution in [2.75, 3.05) is 5.32 Å². The van der Waals surface area contributed by atoms with Crippen molar-refractivity contribution in [3.63, 3.8) is 0 Å². The first-order valence-corrected chi connectivity index (χ1v) is 9.60. The molecule has 2 aromatic heterocycles. The summed E-state index contributed by atoms with van der Waals surface area (Å²) in [5, 5.41) is 15.6. The molecule has 4 aromatic rings. The number of carboxylic acid groups (broad SMARTS) is 1. The Bertz CT molecular complexity index is 1200. The van der Waals surface area contributed by atoms with Crippen molar-refractivity contribution in [1.82, 2.24) is 9.55 Å². The summed E-state index contributed by atoms with van der Waals surface area (Å²) in [6, 6.07) is 16.3. The molecule has 0 spiro atoms. The summed E-state index contributed by atoms with van der Waals surface area (Å²) in [6.45, 7) is -0.307. The second-order valence-electron chi connectivity index (χ2n) is 6.04. The Kier molecular flexibility index (Phi) is 7.30. The Labute approximate surface area is 180 Å². The number of rotatable bonds is 5. The highest BCUT2D eigenvalue weighted by Gasteiger charge is 2.19. The molecule has 2 heterocycles. The number of nitrogens with zero attached hydrogens (tertiary/aromatic N) is 2. The number of hydrogen-bond acceptors (Lipinski definition) is 4. The SMILES string of the molecule is O.O.O=C(O)Cn1c(C(=O)Nc2nc(-c3ccccc3Cl)cs2)cc2ccccc21. The van der Waals surface area contributed by atoms with E-state index in [1.165, 1.54) is 15.9 Å². The molecule has 0 fully saturated rings. The highest BCUT2D eigenvalue weighted by molar-refractivity contribution is 7.14. The van der Waals surface area contributed by atoms with E-state index < -0.39 is 11.9 Å². The molecule has 6 N–H and O–H groups in total. The maximum atomic E-state index is 12.8. The summed E-state index contributed by atoms with van der Waals surface area (Å²) in [7, 11) is 0. The van der Waals surface area contributed by atoms with Crippen LogP contribution in [0.1, 0.15) is 10.5 Å². The first-order chi connectivity index (χ1) is 13.5. The van der Waals surface area contributed by atoms with Gasteiger partial charge in [-0.3, -0.25) is 14.9 Å². The Hall–Kier alpha value is -3.24. The molecule has 0 unspecified atom stereocenters. The van der Waals surface area contributed by atoms with E-state index in [0.29, 0.717) is 21.4 Å². The average Bonchev–Trinajstić information content (AvgIpc) is 3.27. The van der Waals surface area contributed by atoms with Gasteiger partial charge in [0.15, 0.2) is 5.13 Å². The lowest BCUT2D eigenvalue weighted by Crippen LogP contribution is -2.19. The number of hydrogen-bond donors (Lipinski definition) is 2. The van der Waals surface area contributed by atoms with Crippen molar-refractivity contribution in [1.29, 1.82) is 0 Å². The number of anilines is 1. The number of benzene rings is 2. The fraction of sp³-hybridized carbons (Fsp3) is 0.0500. The van der Waals surface area contributed by atoms with Gasteiger partial charge in [0.25, 0.3) is 5.91 Å². The van der Waals surface area contributed by atoms with Crippen LogP contribution < -0.4 is 5.32 Å². The van der Waals surface area contributed by atoms with Gasteiger partial charge in [0.05, 0.1) is 5.69 Å². The zero-order valence-electron chi connectivity index (χ0n) is 15.4. The number of nitrogens with one attached hydrogen (secondary N) is 1. The molecule has 30 heavy (non-hydrogen) atoms. The van der Waals surface area contributed by atoms with Crippen LogP contribution in [0.2, 0.25) is 5.02 Å². The topological polar surface area (TPSA) is 147 Å². The fourth-order valence-electron chi connectivity index (χ4n) is 2.99. The first-order valence-electron chi connectivity index (χ1n) is 8.35. The minimum Gasteiger partial charge on any atom is -0.480 e. The summed E-state index contributed by atoms with van der Waals surface area (Å²) in [6.07, 6.45) is 0. The van der Waals surface area contributed by atoms with Crippen LogP contribution >= 0.6 is 22.9 Å². The minimum atomic E-state index is -1.02. The van der Waals surface area contributed by atoms with Crippen LogP contribution in [0.4, 0.5) is 5.13 Å². The highest BCUT2D eigenvalue weighted by Crippen LogP contribution is 2.30. The number of thiazole rings is 1. The Balaban J connectivity index is 0.00000160. The third-order valence-corrected chi connectivity index (χ3v) is 5.30. The number of carbonyl (C=O) groups is 2. The summed E-state index contributed by atoms with van der Waals surface area (Å²) in [4.78, 5) is 28.5.